The van der Waals surface area contributed by atoms with E-state index in [1.165, 1.54) is 5.56 Å². The molecule has 0 fully saturated rings. The topological polar surface area (TPSA) is 0 Å². The van der Waals surface area contributed by atoms with Crippen LogP contribution < -0.4 is 0 Å². The molecule has 12 heavy (non-hydrogen) atoms. The molecular weight excluding hydrogens is 151 g/mol. The third-order valence-corrected chi connectivity index (χ3v) is 2.12. The second-order valence-corrected chi connectivity index (χ2v) is 3.36. The zero-order valence-corrected chi connectivity index (χ0v) is 7.89. The average Bonchev–Trinajstić information content (AvgIpc) is 2.05. The molecule has 0 atom stereocenters. The van der Waals surface area contributed by atoms with E-state index in [2.05, 4.69) is 13.8 Å². The van der Waals surface area contributed by atoms with Crippen LogP contribution in [-0.4, -0.2) is 0 Å². The van der Waals surface area contributed by atoms with Gasteiger partial charge in [0.1, 0.15) is 5.82 Å². The van der Waals surface area contributed by atoms with E-state index in [-0.39, 0.29) is 5.82 Å². The van der Waals surface area contributed by atoms with Crippen molar-refractivity contribution in [2.75, 3.05) is 0 Å². The highest BCUT2D eigenvalue weighted by Gasteiger charge is 2.03. The second kappa shape index (κ2) is 3.70. The zero-order valence-electron chi connectivity index (χ0n) is 7.89. The highest BCUT2D eigenvalue weighted by atomic mass is 19.1. The Hall–Kier alpha value is -0.850. The first kappa shape index (κ1) is 9.24. The standard InChI is InChI=1S/C11H15F/c1-4-9-7-10(8(2)3)5-6-11(9)12/h5-8H,4H2,1-3H3. The van der Waals surface area contributed by atoms with Crippen LogP contribution in [0.3, 0.4) is 0 Å². The van der Waals surface area contributed by atoms with Crippen molar-refractivity contribution >= 4 is 0 Å². The molecule has 1 rings (SSSR count). The van der Waals surface area contributed by atoms with Crippen molar-refractivity contribution in [2.45, 2.75) is 33.1 Å². The first-order chi connectivity index (χ1) is 5.65. The lowest BCUT2D eigenvalue weighted by atomic mass is 10.00. The maximum absolute atomic E-state index is 13.0. The van der Waals surface area contributed by atoms with Crippen LogP contribution in [0.4, 0.5) is 4.39 Å². The SMILES string of the molecule is CCc1cc(C(C)C)ccc1F. The molecule has 0 aliphatic carbocycles. The van der Waals surface area contributed by atoms with Crippen LogP contribution in [0.15, 0.2) is 18.2 Å². The highest BCUT2D eigenvalue weighted by molar-refractivity contribution is 5.27. The molecule has 0 heterocycles. The van der Waals surface area contributed by atoms with E-state index in [1.807, 2.05) is 19.1 Å². The van der Waals surface area contributed by atoms with Crippen LogP contribution in [0, 0.1) is 5.82 Å². The van der Waals surface area contributed by atoms with Gasteiger partial charge in [0.15, 0.2) is 0 Å². The summed E-state index contributed by atoms with van der Waals surface area (Å²) in [6.45, 7) is 6.21. The first-order valence-corrected chi connectivity index (χ1v) is 4.43. The number of rotatable bonds is 2. The van der Waals surface area contributed by atoms with Crippen LogP contribution >= 0.6 is 0 Å². The molecule has 0 N–H and O–H groups in total. The molecule has 1 heteroatoms. The second-order valence-electron chi connectivity index (χ2n) is 3.36. The average molecular weight is 166 g/mol. The van der Waals surface area contributed by atoms with Crippen molar-refractivity contribution in [3.05, 3.63) is 35.1 Å². The van der Waals surface area contributed by atoms with Gasteiger partial charge in [0.25, 0.3) is 0 Å². The van der Waals surface area contributed by atoms with Gasteiger partial charge in [-0.3, -0.25) is 0 Å². The molecule has 0 radical (unpaired) electrons. The predicted octanol–water partition coefficient (Wildman–Crippen LogP) is 3.51. The van der Waals surface area contributed by atoms with Gasteiger partial charge in [0, 0.05) is 0 Å². The molecular formula is C11H15F. The molecule has 0 amide bonds. The number of halogens is 1. The van der Waals surface area contributed by atoms with Crippen LogP contribution in [0.1, 0.15) is 37.8 Å². The van der Waals surface area contributed by atoms with Gasteiger partial charge in [-0.05, 0) is 29.5 Å². The molecule has 0 nitrogen and oxygen atoms in total. The molecule has 0 bridgehead atoms. The number of hydrogen-bond acceptors (Lipinski definition) is 0. The first-order valence-electron chi connectivity index (χ1n) is 4.43. The summed E-state index contributed by atoms with van der Waals surface area (Å²) in [6.07, 6.45) is 0.770. The van der Waals surface area contributed by atoms with Gasteiger partial charge in [0.05, 0.1) is 0 Å². The quantitative estimate of drug-likeness (QED) is 0.630. The van der Waals surface area contributed by atoms with E-state index in [4.69, 9.17) is 0 Å². The van der Waals surface area contributed by atoms with E-state index in [9.17, 15) is 4.39 Å². The maximum atomic E-state index is 13.0. The number of benzene rings is 1. The Kier molecular flexibility index (Phi) is 2.85. The van der Waals surface area contributed by atoms with E-state index in [1.54, 1.807) is 6.07 Å². The summed E-state index contributed by atoms with van der Waals surface area (Å²) >= 11 is 0. The maximum Gasteiger partial charge on any atom is 0.126 e. The molecule has 0 aliphatic rings. The van der Waals surface area contributed by atoms with Gasteiger partial charge in [-0.15, -0.1) is 0 Å². The Morgan fingerprint density at radius 2 is 2.00 bits per heavy atom. The Morgan fingerprint density at radius 3 is 2.50 bits per heavy atom. The summed E-state index contributed by atoms with van der Waals surface area (Å²) in [5.41, 5.74) is 2.04. The molecule has 0 aromatic heterocycles. The summed E-state index contributed by atoms with van der Waals surface area (Å²) < 4.78 is 13.0. The minimum Gasteiger partial charge on any atom is -0.207 e. The number of aryl methyl sites for hydroxylation is 1. The highest BCUT2D eigenvalue weighted by Crippen LogP contribution is 2.18. The Balaban J connectivity index is 3.05. The van der Waals surface area contributed by atoms with Gasteiger partial charge >= 0.3 is 0 Å². The van der Waals surface area contributed by atoms with Crippen LogP contribution in [-0.2, 0) is 6.42 Å². The Labute approximate surface area is 73.4 Å². The summed E-state index contributed by atoms with van der Waals surface area (Å²) in [5.74, 6) is 0.401. The van der Waals surface area contributed by atoms with Crippen molar-refractivity contribution in [3.8, 4) is 0 Å². The smallest absolute Gasteiger partial charge is 0.126 e. The van der Waals surface area contributed by atoms with Crippen molar-refractivity contribution in [2.24, 2.45) is 0 Å². The fraction of sp³-hybridized carbons (Fsp3) is 0.455. The molecule has 66 valence electrons. The normalized spacial score (nSPS) is 10.8. The fourth-order valence-electron chi connectivity index (χ4n) is 1.22. The van der Waals surface area contributed by atoms with Crippen molar-refractivity contribution in [1.29, 1.82) is 0 Å². The van der Waals surface area contributed by atoms with Crippen LogP contribution in [0.25, 0.3) is 0 Å². The summed E-state index contributed by atoms with van der Waals surface area (Å²) in [6, 6.07) is 5.38. The molecule has 0 aliphatic heterocycles. The Morgan fingerprint density at radius 1 is 1.33 bits per heavy atom. The molecule has 1 aromatic carbocycles. The van der Waals surface area contributed by atoms with E-state index in [0.717, 1.165) is 12.0 Å². The van der Waals surface area contributed by atoms with Crippen LogP contribution in [0.2, 0.25) is 0 Å². The molecule has 0 saturated heterocycles. The molecule has 1 aromatic rings. The third kappa shape index (κ3) is 1.84. The minimum atomic E-state index is -0.0816. The number of hydrogen-bond donors (Lipinski definition) is 0. The summed E-state index contributed by atoms with van der Waals surface area (Å²) in [4.78, 5) is 0. The summed E-state index contributed by atoms with van der Waals surface area (Å²) in [5, 5.41) is 0. The molecule has 0 spiro atoms. The zero-order chi connectivity index (χ0) is 9.14. The van der Waals surface area contributed by atoms with Gasteiger partial charge in [0.2, 0.25) is 0 Å². The largest absolute Gasteiger partial charge is 0.207 e. The van der Waals surface area contributed by atoms with Gasteiger partial charge in [-0.2, -0.15) is 0 Å². The fourth-order valence-corrected chi connectivity index (χ4v) is 1.22. The lowest BCUT2D eigenvalue weighted by Gasteiger charge is -2.07. The lowest BCUT2D eigenvalue weighted by Crippen LogP contribution is -1.93. The van der Waals surface area contributed by atoms with Gasteiger partial charge in [-0.25, -0.2) is 4.39 Å². The van der Waals surface area contributed by atoms with Crippen molar-refractivity contribution in [3.63, 3.8) is 0 Å². The van der Waals surface area contributed by atoms with E-state index in [0.29, 0.717) is 5.92 Å². The Bertz CT molecular complexity index is 264. The lowest BCUT2D eigenvalue weighted by molar-refractivity contribution is 0.610. The third-order valence-electron chi connectivity index (χ3n) is 2.12. The van der Waals surface area contributed by atoms with Crippen molar-refractivity contribution < 1.29 is 4.39 Å². The van der Waals surface area contributed by atoms with Gasteiger partial charge < -0.3 is 0 Å². The molecule has 0 unspecified atom stereocenters. The van der Waals surface area contributed by atoms with Crippen molar-refractivity contribution in [1.82, 2.24) is 0 Å². The molecule has 0 saturated carbocycles. The summed E-state index contributed by atoms with van der Waals surface area (Å²) in [7, 11) is 0. The van der Waals surface area contributed by atoms with Crippen LogP contribution in [0.5, 0.6) is 0 Å². The van der Waals surface area contributed by atoms with Gasteiger partial charge in [-0.1, -0.05) is 32.9 Å². The van der Waals surface area contributed by atoms with E-state index >= 15 is 0 Å². The predicted molar refractivity (Wildman–Crippen MR) is 49.9 cm³/mol. The monoisotopic (exact) mass is 166 g/mol. The minimum absolute atomic E-state index is 0.0816. The van der Waals surface area contributed by atoms with E-state index < -0.39 is 0 Å².